The van der Waals surface area contributed by atoms with Gasteiger partial charge in [0.15, 0.2) is 10.9 Å². The van der Waals surface area contributed by atoms with E-state index in [-0.39, 0.29) is 23.2 Å². The summed E-state index contributed by atoms with van der Waals surface area (Å²) in [6.45, 7) is 5.13. The molecule has 2 rings (SSSR count). The van der Waals surface area contributed by atoms with Crippen molar-refractivity contribution in [2.45, 2.75) is 32.7 Å². The lowest BCUT2D eigenvalue weighted by atomic mass is 10.1. The van der Waals surface area contributed by atoms with Gasteiger partial charge in [0.1, 0.15) is 6.04 Å². The number of hydrogen-bond acceptors (Lipinski definition) is 6. The van der Waals surface area contributed by atoms with E-state index in [0.29, 0.717) is 25.6 Å². The number of carbonyl (C=O) groups excluding carboxylic acids is 3. The van der Waals surface area contributed by atoms with Gasteiger partial charge in [-0.25, -0.2) is 0 Å². The maximum atomic E-state index is 12.2. The van der Waals surface area contributed by atoms with Crippen molar-refractivity contribution in [3.05, 3.63) is 24.2 Å². The molecule has 8 nitrogen and oxygen atoms in total. The molecule has 1 aliphatic heterocycles. The number of rotatable bonds is 6. The molecule has 0 aromatic carbocycles. The maximum Gasteiger partial charge on any atom is 0.308 e. The van der Waals surface area contributed by atoms with Crippen LogP contribution in [0.3, 0.4) is 0 Å². The van der Waals surface area contributed by atoms with E-state index in [1.54, 1.807) is 6.07 Å². The van der Waals surface area contributed by atoms with Crippen molar-refractivity contribution in [3.8, 4) is 0 Å². The molecule has 2 heterocycles. The van der Waals surface area contributed by atoms with Crippen molar-refractivity contribution in [2.75, 3.05) is 19.7 Å². The quantitative estimate of drug-likeness (QED) is 0.561. The van der Waals surface area contributed by atoms with Gasteiger partial charge in [0.05, 0.1) is 19.3 Å². The van der Waals surface area contributed by atoms with E-state index in [4.69, 9.17) is 21.4 Å². The lowest BCUT2D eigenvalue weighted by molar-refractivity contribution is -0.147. The third-order valence-electron chi connectivity index (χ3n) is 3.88. The normalized spacial score (nSPS) is 17.0. The van der Waals surface area contributed by atoms with Crippen molar-refractivity contribution in [1.29, 1.82) is 0 Å². The van der Waals surface area contributed by atoms with Gasteiger partial charge < -0.3 is 19.4 Å². The second-order valence-corrected chi connectivity index (χ2v) is 6.73. The number of carbonyl (C=O) groups is 3. The van der Waals surface area contributed by atoms with Crippen LogP contribution in [0.1, 0.15) is 37.2 Å². The molecule has 0 aliphatic carbocycles. The number of thiocarbonyl (C=S) groups is 1. The Labute approximate surface area is 157 Å². The minimum absolute atomic E-state index is 0.0706. The number of esters is 1. The molecule has 9 heteroatoms. The fourth-order valence-corrected chi connectivity index (χ4v) is 2.74. The van der Waals surface area contributed by atoms with Crippen LogP contribution in [0.5, 0.6) is 0 Å². The number of piperazine rings is 1. The minimum Gasteiger partial charge on any atom is -0.466 e. The lowest BCUT2D eigenvalue weighted by Gasteiger charge is -2.36. The van der Waals surface area contributed by atoms with Crippen molar-refractivity contribution in [1.82, 2.24) is 15.5 Å². The first-order valence-electron chi connectivity index (χ1n) is 8.47. The predicted octanol–water partition coefficient (Wildman–Crippen LogP) is 1.07. The SMILES string of the molecule is CC(C)CCOC(=O)CC1C(=O)NCCN1C(=S)NC(=O)c1ccco1. The summed E-state index contributed by atoms with van der Waals surface area (Å²) in [6, 6.07) is 2.27. The Morgan fingerprint density at radius 3 is 2.92 bits per heavy atom. The van der Waals surface area contributed by atoms with Crippen LogP contribution < -0.4 is 10.6 Å². The number of nitrogens with zero attached hydrogens (tertiary/aromatic N) is 1. The highest BCUT2D eigenvalue weighted by Gasteiger charge is 2.34. The smallest absolute Gasteiger partial charge is 0.308 e. The fraction of sp³-hybridized carbons (Fsp3) is 0.529. The van der Waals surface area contributed by atoms with Gasteiger partial charge in [-0.1, -0.05) is 13.8 Å². The molecule has 1 unspecified atom stereocenters. The molecule has 1 aromatic rings. The van der Waals surface area contributed by atoms with E-state index in [2.05, 4.69) is 10.6 Å². The summed E-state index contributed by atoms with van der Waals surface area (Å²) >= 11 is 5.25. The monoisotopic (exact) mass is 381 g/mol. The van der Waals surface area contributed by atoms with E-state index in [1.165, 1.54) is 17.2 Å². The first-order valence-corrected chi connectivity index (χ1v) is 8.88. The molecule has 1 aromatic heterocycles. The Bertz CT molecular complexity index is 659. The second-order valence-electron chi connectivity index (χ2n) is 6.34. The molecule has 0 saturated carbocycles. The van der Waals surface area contributed by atoms with E-state index < -0.39 is 17.9 Å². The Hall–Kier alpha value is -2.42. The topological polar surface area (TPSA) is 101 Å². The third-order valence-corrected chi connectivity index (χ3v) is 4.21. The Balaban J connectivity index is 1.95. The summed E-state index contributed by atoms with van der Waals surface area (Å²) in [5, 5.41) is 5.30. The van der Waals surface area contributed by atoms with Crippen molar-refractivity contribution in [3.63, 3.8) is 0 Å². The van der Waals surface area contributed by atoms with Crippen LogP contribution in [0, 0.1) is 5.92 Å². The van der Waals surface area contributed by atoms with E-state index in [9.17, 15) is 14.4 Å². The van der Waals surface area contributed by atoms with E-state index in [0.717, 1.165) is 6.42 Å². The maximum absolute atomic E-state index is 12.2. The first-order chi connectivity index (χ1) is 12.4. The zero-order valence-electron chi connectivity index (χ0n) is 14.8. The van der Waals surface area contributed by atoms with E-state index >= 15 is 0 Å². The van der Waals surface area contributed by atoms with Crippen molar-refractivity contribution < 1.29 is 23.5 Å². The van der Waals surface area contributed by atoms with Gasteiger partial charge in [0.2, 0.25) is 5.91 Å². The number of hydrogen-bond donors (Lipinski definition) is 2. The minimum atomic E-state index is -0.820. The highest BCUT2D eigenvalue weighted by molar-refractivity contribution is 7.80. The molecule has 0 spiro atoms. The Morgan fingerprint density at radius 2 is 2.27 bits per heavy atom. The van der Waals surface area contributed by atoms with Gasteiger partial charge >= 0.3 is 5.97 Å². The van der Waals surface area contributed by atoms with Gasteiger partial charge in [-0.2, -0.15) is 0 Å². The van der Waals surface area contributed by atoms with Crippen LogP contribution >= 0.6 is 12.2 Å². The average Bonchev–Trinajstić information content (AvgIpc) is 3.11. The van der Waals surface area contributed by atoms with Crippen LogP contribution in [0.25, 0.3) is 0 Å². The number of furan rings is 1. The van der Waals surface area contributed by atoms with Gasteiger partial charge in [-0.15, -0.1) is 0 Å². The molecule has 1 saturated heterocycles. The molecule has 26 heavy (non-hydrogen) atoms. The predicted molar refractivity (Wildman–Crippen MR) is 97.3 cm³/mol. The summed E-state index contributed by atoms with van der Waals surface area (Å²) in [5.74, 6) is -0.783. The van der Waals surface area contributed by atoms with Crippen LogP contribution in [-0.4, -0.2) is 53.5 Å². The molecular weight excluding hydrogens is 358 g/mol. The fourth-order valence-electron chi connectivity index (χ4n) is 2.42. The van der Waals surface area contributed by atoms with Crippen LogP contribution in [0.4, 0.5) is 0 Å². The number of ether oxygens (including phenoxy) is 1. The highest BCUT2D eigenvalue weighted by atomic mass is 32.1. The Kier molecular flexibility index (Phi) is 7.14. The summed E-state index contributed by atoms with van der Waals surface area (Å²) in [6.07, 6.45) is 1.99. The van der Waals surface area contributed by atoms with Crippen molar-refractivity contribution in [2.24, 2.45) is 5.92 Å². The number of nitrogens with one attached hydrogen (secondary N) is 2. The summed E-state index contributed by atoms with van der Waals surface area (Å²) < 4.78 is 10.2. The standard InChI is InChI=1S/C17H23N3O5S/c1-11(2)5-9-25-14(21)10-12-15(22)18-6-7-20(12)17(26)19-16(23)13-4-3-8-24-13/h3-4,8,11-12H,5-7,9-10H2,1-2H3,(H,18,22)(H,19,23,26). The third kappa shape index (κ3) is 5.55. The zero-order chi connectivity index (χ0) is 19.1. The van der Waals surface area contributed by atoms with Crippen LogP contribution in [0.2, 0.25) is 0 Å². The summed E-state index contributed by atoms with van der Waals surface area (Å²) in [5.41, 5.74) is 0. The molecule has 1 aliphatic rings. The molecule has 142 valence electrons. The molecule has 1 atom stereocenters. The van der Waals surface area contributed by atoms with Crippen LogP contribution in [0.15, 0.2) is 22.8 Å². The van der Waals surface area contributed by atoms with Gasteiger partial charge in [0, 0.05) is 13.1 Å². The molecule has 0 radical (unpaired) electrons. The summed E-state index contributed by atoms with van der Waals surface area (Å²) in [4.78, 5) is 37.8. The average molecular weight is 381 g/mol. The zero-order valence-corrected chi connectivity index (χ0v) is 15.6. The molecule has 1 fully saturated rings. The lowest BCUT2D eigenvalue weighted by Crippen LogP contribution is -2.60. The molecule has 2 N–H and O–H groups in total. The largest absolute Gasteiger partial charge is 0.466 e. The van der Waals surface area contributed by atoms with E-state index in [1.807, 2.05) is 13.8 Å². The van der Waals surface area contributed by atoms with Crippen molar-refractivity contribution >= 4 is 35.1 Å². The molecule has 0 bridgehead atoms. The molecule has 2 amide bonds. The second kappa shape index (κ2) is 9.33. The van der Waals surface area contributed by atoms with Crippen LogP contribution in [-0.2, 0) is 14.3 Å². The first kappa shape index (κ1) is 19.9. The summed E-state index contributed by atoms with van der Waals surface area (Å²) in [7, 11) is 0. The van der Waals surface area contributed by atoms with Gasteiger partial charge in [0.25, 0.3) is 5.91 Å². The molecular formula is C17H23N3O5S. The van der Waals surface area contributed by atoms with Gasteiger partial charge in [-0.05, 0) is 36.7 Å². The Morgan fingerprint density at radius 1 is 1.50 bits per heavy atom. The number of amides is 2. The highest BCUT2D eigenvalue weighted by Crippen LogP contribution is 2.12. The van der Waals surface area contributed by atoms with Gasteiger partial charge in [-0.3, -0.25) is 19.7 Å².